The third-order valence-corrected chi connectivity index (χ3v) is 3.54. The minimum absolute atomic E-state index is 0.0121. The van der Waals surface area contributed by atoms with Gasteiger partial charge in [-0.1, -0.05) is 39.0 Å². The summed E-state index contributed by atoms with van der Waals surface area (Å²) in [6.45, 7) is 6.57. The fourth-order valence-corrected chi connectivity index (χ4v) is 2.41. The summed E-state index contributed by atoms with van der Waals surface area (Å²) in [7, 11) is 1.69. The molecule has 2 N–H and O–H groups in total. The molecule has 1 aliphatic rings. The van der Waals surface area contributed by atoms with Crippen molar-refractivity contribution in [1.82, 2.24) is 0 Å². The molecule has 1 aliphatic carbocycles. The molecular weight excluding hydrogens is 226 g/mol. The molecule has 0 amide bonds. The topological polar surface area (TPSA) is 44.5 Å². The van der Waals surface area contributed by atoms with Crippen molar-refractivity contribution in [2.24, 2.45) is 5.73 Å². The van der Waals surface area contributed by atoms with Gasteiger partial charge in [0.25, 0.3) is 0 Å². The summed E-state index contributed by atoms with van der Waals surface area (Å²) in [5.41, 5.74) is 7.19. The fourth-order valence-electron chi connectivity index (χ4n) is 2.41. The zero-order valence-corrected chi connectivity index (χ0v) is 11.6. The maximum absolute atomic E-state index is 6.08. The maximum Gasteiger partial charge on any atom is 0.128 e. The molecule has 100 valence electrons. The lowest BCUT2D eigenvalue weighted by Gasteiger charge is -2.41. The number of para-hydroxylation sites is 1. The summed E-state index contributed by atoms with van der Waals surface area (Å²) >= 11 is 0. The zero-order valence-electron chi connectivity index (χ0n) is 11.6. The van der Waals surface area contributed by atoms with E-state index in [4.69, 9.17) is 15.2 Å². The van der Waals surface area contributed by atoms with Crippen LogP contribution in [0.2, 0.25) is 0 Å². The van der Waals surface area contributed by atoms with Crippen LogP contribution in [0.15, 0.2) is 24.3 Å². The number of hydrogen-bond donors (Lipinski definition) is 1. The predicted molar refractivity (Wildman–Crippen MR) is 72.9 cm³/mol. The predicted octanol–water partition coefficient (Wildman–Crippen LogP) is 2.48. The Balaban J connectivity index is 2.15. The van der Waals surface area contributed by atoms with Crippen LogP contribution >= 0.6 is 0 Å². The van der Waals surface area contributed by atoms with Gasteiger partial charge in [-0.25, -0.2) is 0 Å². The Kier molecular flexibility index (Phi) is 3.64. The van der Waals surface area contributed by atoms with Crippen molar-refractivity contribution in [1.29, 1.82) is 0 Å². The summed E-state index contributed by atoms with van der Waals surface area (Å²) in [6.07, 6.45) is 0.947. The van der Waals surface area contributed by atoms with Crippen molar-refractivity contribution >= 4 is 0 Å². The summed E-state index contributed by atoms with van der Waals surface area (Å²) in [5.74, 6) is 0.948. The average molecular weight is 249 g/mol. The van der Waals surface area contributed by atoms with Crippen molar-refractivity contribution in [3.63, 3.8) is 0 Å². The van der Waals surface area contributed by atoms with Crippen molar-refractivity contribution < 1.29 is 9.47 Å². The van der Waals surface area contributed by atoms with Crippen LogP contribution in [0.4, 0.5) is 0 Å². The summed E-state index contributed by atoms with van der Waals surface area (Å²) < 4.78 is 11.4. The highest BCUT2D eigenvalue weighted by Gasteiger charge is 2.41. The lowest BCUT2D eigenvalue weighted by Crippen LogP contribution is -2.59. The van der Waals surface area contributed by atoms with Crippen LogP contribution in [0.5, 0.6) is 5.75 Å². The highest BCUT2D eigenvalue weighted by Crippen LogP contribution is 2.34. The molecule has 0 aliphatic heterocycles. The number of methoxy groups -OCH3 is 1. The Labute approximate surface area is 109 Å². The standard InChI is InChI=1S/C15H23NO2/c1-15(2,3)10-7-5-6-8-12(10)18-13-9-11(16)14(13)17-4/h5-8,11,13-14H,9,16H2,1-4H3. The smallest absolute Gasteiger partial charge is 0.128 e. The third-order valence-electron chi connectivity index (χ3n) is 3.54. The molecule has 3 nitrogen and oxygen atoms in total. The Morgan fingerprint density at radius 3 is 2.44 bits per heavy atom. The molecule has 1 aromatic carbocycles. The minimum Gasteiger partial charge on any atom is -0.487 e. The van der Waals surface area contributed by atoms with Gasteiger partial charge in [-0.05, 0) is 17.0 Å². The molecule has 1 fully saturated rings. The van der Waals surface area contributed by atoms with E-state index < -0.39 is 0 Å². The first kappa shape index (κ1) is 13.4. The SMILES string of the molecule is COC1C(N)CC1Oc1ccccc1C(C)(C)C. The lowest BCUT2D eigenvalue weighted by molar-refractivity contribution is -0.0787. The van der Waals surface area contributed by atoms with Gasteiger partial charge in [0.15, 0.2) is 0 Å². The van der Waals surface area contributed by atoms with Gasteiger partial charge in [-0.2, -0.15) is 0 Å². The Bertz CT molecular complexity index is 411. The molecule has 0 radical (unpaired) electrons. The quantitative estimate of drug-likeness (QED) is 0.895. The largest absolute Gasteiger partial charge is 0.487 e. The van der Waals surface area contributed by atoms with E-state index in [1.807, 2.05) is 18.2 Å². The normalized spacial score (nSPS) is 27.7. The molecule has 0 heterocycles. The van der Waals surface area contributed by atoms with Gasteiger partial charge >= 0.3 is 0 Å². The van der Waals surface area contributed by atoms with Gasteiger partial charge in [-0.15, -0.1) is 0 Å². The molecule has 1 saturated carbocycles. The summed E-state index contributed by atoms with van der Waals surface area (Å²) in [6, 6.07) is 8.30. The van der Waals surface area contributed by atoms with Crippen molar-refractivity contribution in [3.8, 4) is 5.75 Å². The number of nitrogens with two attached hydrogens (primary N) is 1. The number of rotatable bonds is 3. The Hall–Kier alpha value is -1.06. The molecule has 3 unspecified atom stereocenters. The van der Waals surface area contributed by atoms with Crippen LogP contribution in [0.1, 0.15) is 32.8 Å². The first-order chi connectivity index (χ1) is 8.43. The first-order valence-corrected chi connectivity index (χ1v) is 6.48. The highest BCUT2D eigenvalue weighted by atomic mass is 16.5. The van der Waals surface area contributed by atoms with Gasteiger partial charge in [0.05, 0.1) is 0 Å². The molecule has 18 heavy (non-hydrogen) atoms. The Morgan fingerprint density at radius 1 is 1.22 bits per heavy atom. The van der Waals surface area contributed by atoms with Gasteiger partial charge in [0.1, 0.15) is 18.0 Å². The molecule has 2 rings (SSSR count). The molecule has 0 bridgehead atoms. The van der Waals surface area contributed by atoms with Crippen LogP contribution in [0, 0.1) is 0 Å². The number of ether oxygens (including phenoxy) is 2. The van der Waals surface area contributed by atoms with Gasteiger partial charge in [0.2, 0.25) is 0 Å². The Morgan fingerprint density at radius 2 is 1.89 bits per heavy atom. The average Bonchev–Trinajstić information content (AvgIpc) is 2.28. The molecule has 3 heteroatoms. The van der Waals surface area contributed by atoms with Crippen molar-refractivity contribution in [2.45, 2.75) is 50.9 Å². The molecule has 0 aromatic heterocycles. The molecule has 0 saturated heterocycles. The lowest BCUT2D eigenvalue weighted by atomic mass is 9.84. The van der Waals surface area contributed by atoms with E-state index in [2.05, 4.69) is 26.8 Å². The molecular formula is C15H23NO2. The van der Waals surface area contributed by atoms with Crippen LogP contribution in [-0.4, -0.2) is 25.4 Å². The van der Waals surface area contributed by atoms with E-state index >= 15 is 0 Å². The number of hydrogen-bond acceptors (Lipinski definition) is 3. The fraction of sp³-hybridized carbons (Fsp3) is 0.600. The molecule has 0 spiro atoms. The maximum atomic E-state index is 6.08. The van der Waals surface area contributed by atoms with Gasteiger partial charge in [-0.3, -0.25) is 0 Å². The van der Waals surface area contributed by atoms with Crippen LogP contribution in [-0.2, 0) is 10.2 Å². The van der Waals surface area contributed by atoms with Gasteiger partial charge in [0, 0.05) is 19.6 Å². The summed E-state index contributed by atoms with van der Waals surface area (Å²) in [4.78, 5) is 0. The second-order valence-corrected chi connectivity index (χ2v) is 6.00. The molecule has 1 aromatic rings. The first-order valence-electron chi connectivity index (χ1n) is 6.48. The van der Waals surface area contributed by atoms with Crippen LogP contribution in [0.3, 0.4) is 0 Å². The zero-order chi connectivity index (χ0) is 13.3. The highest BCUT2D eigenvalue weighted by molar-refractivity contribution is 5.38. The van der Waals surface area contributed by atoms with E-state index in [0.717, 1.165) is 12.2 Å². The van der Waals surface area contributed by atoms with Crippen molar-refractivity contribution in [2.75, 3.05) is 7.11 Å². The molecule has 3 atom stereocenters. The van der Waals surface area contributed by atoms with E-state index in [9.17, 15) is 0 Å². The van der Waals surface area contributed by atoms with Crippen LogP contribution in [0.25, 0.3) is 0 Å². The monoisotopic (exact) mass is 249 g/mol. The van der Waals surface area contributed by atoms with E-state index in [-0.39, 0.29) is 23.7 Å². The van der Waals surface area contributed by atoms with E-state index in [0.29, 0.717) is 0 Å². The van der Waals surface area contributed by atoms with E-state index in [1.165, 1.54) is 5.56 Å². The second-order valence-electron chi connectivity index (χ2n) is 6.00. The summed E-state index contributed by atoms with van der Waals surface area (Å²) in [5, 5.41) is 0. The van der Waals surface area contributed by atoms with Gasteiger partial charge < -0.3 is 15.2 Å². The second kappa shape index (κ2) is 4.90. The third kappa shape index (κ3) is 2.52. The minimum atomic E-state index is 0.0121. The number of benzene rings is 1. The van der Waals surface area contributed by atoms with E-state index in [1.54, 1.807) is 7.11 Å². The van der Waals surface area contributed by atoms with Crippen LogP contribution < -0.4 is 10.5 Å². The van der Waals surface area contributed by atoms with Crippen molar-refractivity contribution in [3.05, 3.63) is 29.8 Å².